The summed E-state index contributed by atoms with van der Waals surface area (Å²) in [5, 5.41) is 3.48. The number of hydrogen-bond donors (Lipinski definition) is 1. The second-order valence-corrected chi connectivity index (χ2v) is 4.30. The van der Waals surface area contributed by atoms with E-state index in [2.05, 4.69) is 26.1 Å². The van der Waals surface area contributed by atoms with E-state index in [0.717, 1.165) is 13.0 Å². The van der Waals surface area contributed by atoms with Crippen LogP contribution >= 0.6 is 0 Å². The van der Waals surface area contributed by atoms with Gasteiger partial charge in [0.25, 0.3) is 0 Å². The van der Waals surface area contributed by atoms with Crippen LogP contribution in [0, 0.1) is 0 Å². The van der Waals surface area contributed by atoms with Crippen molar-refractivity contribution in [1.82, 2.24) is 5.32 Å². The van der Waals surface area contributed by atoms with E-state index in [1.165, 1.54) is 12.8 Å². The number of nitrogens with one attached hydrogen (secondary N) is 1. The van der Waals surface area contributed by atoms with Crippen molar-refractivity contribution < 1.29 is 9.47 Å². The molecule has 0 aromatic carbocycles. The van der Waals surface area contributed by atoms with E-state index in [0.29, 0.717) is 19.3 Å². The molecule has 1 rings (SSSR count). The standard InChI is InChI=1S/C11H23NO2/c1-4-5-6-11(12-10(2)3)9-13-7-8-14-11/h10,12H,4-9H2,1-3H3. The molecule has 0 aromatic rings. The molecule has 0 spiro atoms. The Morgan fingerprint density at radius 2 is 2.14 bits per heavy atom. The fourth-order valence-corrected chi connectivity index (χ4v) is 1.86. The maximum Gasteiger partial charge on any atom is 0.143 e. The van der Waals surface area contributed by atoms with Crippen LogP contribution in [0.15, 0.2) is 0 Å². The van der Waals surface area contributed by atoms with E-state index >= 15 is 0 Å². The minimum atomic E-state index is -0.220. The zero-order chi connectivity index (χ0) is 10.4. The van der Waals surface area contributed by atoms with Gasteiger partial charge < -0.3 is 9.47 Å². The van der Waals surface area contributed by atoms with Crippen molar-refractivity contribution in [3.63, 3.8) is 0 Å². The molecule has 1 unspecified atom stereocenters. The summed E-state index contributed by atoms with van der Waals surface area (Å²) in [5.74, 6) is 0. The Hall–Kier alpha value is -0.120. The molecule has 1 heterocycles. The maximum atomic E-state index is 5.84. The van der Waals surface area contributed by atoms with Crippen molar-refractivity contribution in [1.29, 1.82) is 0 Å². The molecule has 1 N–H and O–H groups in total. The lowest BCUT2D eigenvalue weighted by atomic mass is 10.0. The normalized spacial score (nSPS) is 28.3. The predicted octanol–water partition coefficient (Wildman–Crippen LogP) is 1.92. The van der Waals surface area contributed by atoms with Crippen LogP contribution in [0.2, 0.25) is 0 Å². The van der Waals surface area contributed by atoms with E-state index in [4.69, 9.17) is 9.47 Å². The van der Waals surface area contributed by atoms with Gasteiger partial charge in [0.15, 0.2) is 0 Å². The van der Waals surface area contributed by atoms with Gasteiger partial charge in [0, 0.05) is 6.04 Å². The van der Waals surface area contributed by atoms with E-state index < -0.39 is 0 Å². The summed E-state index contributed by atoms with van der Waals surface area (Å²) in [6, 6.07) is 0.438. The van der Waals surface area contributed by atoms with E-state index in [1.807, 2.05) is 0 Å². The third-order valence-corrected chi connectivity index (χ3v) is 2.43. The van der Waals surface area contributed by atoms with Gasteiger partial charge in [-0.2, -0.15) is 0 Å². The topological polar surface area (TPSA) is 30.5 Å². The van der Waals surface area contributed by atoms with E-state index in [9.17, 15) is 0 Å². The van der Waals surface area contributed by atoms with Crippen molar-refractivity contribution in [3.05, 3.63) is 0 Å². The minimum absolute atomic E-state index is 0.220. The molecule has 0 aliphatic carbocycles. The molecular weight excluding hydrogens is 178 g/mol. The Morgan fingerprint density at radius 3 is 2.64 bits per heavy atom. The second-order valence-electron chi connectivity index (χ2n) is 4.30. The van der Waals surface area contributed by atoms with E-state index in [-0.39, 0.29) is 5.72 Å². The van der Waals surface area contributed by atoms with Crippen molar-refractivity contribution >= 4 is 0 Å². The first-order chi connectivity index (χ1) is 6.68. The lowest BCUT2D eigenvalue weighted by Gasteiger charge is -2.39. The van der Waals surface area contributed by atoms with Crippen LogP contribution in [0.3, 0.4) is 0 Å². The van der Waals surface area contributed by atoms with Crippen LogP contribution < -0.4 is 5.32 Å². The third-order valence-electron chi connectivity index (χ3n) is 2.43. The SMILES string of the molecule is CCCCC1(NC(C)C)COCCO1. The van der Waals surface area contributed by atoms with Gasteiger partial charge in [-0.05, 0) is 26.7 Å². The largest absolute Gasteiger partial charge is 0.375 e. The first kappa shape index (κ1) is 12.0. The fourth-order valence-electron chi connectivity index (χ4n) is 1.86. The Balaban J connectivity index is 2.47. The lowest BCUT2D eigenvalue weighted by molar-refractivity contribution is -0.180. The van der Waals surface area contributed by atoms with Crippen LogP contribution in [0.25, 0.3) is 0 Å². The Kier molecular flexibility index (Phi) is 4.85. The first-order valence-electron chi connectivity index (χ1n) is 5.68. The summed E-state index contributed by atoms with van der Waals surface area (Å²) in [4.78, 5) is 0. The summed E-state index contributed by atoms with van der Waals surface area (Å²) in [6.07, 6.45) is 3.43. The van der Waals surface area contributed by atoms with Gasteiger partial charge in [0.2, 0.25) is 0 Å². The summed E-state index contributed by atoms with van der Waals surface area (Å²) in [6.45, 7) is 8.62. The van der Waals surface area contributed by atoms with Gasteiger partial charge in [0.1, 0.15) is 5.72 Å². The molecule has 1 aliphatic rings. The zero-order valence-electron chi connectivity index (χ0n) is 9.64. The van der Waals surface area contributed by atoms with Crippen molar-refractivity contribution in [3.8, 4) is 0 Å². The molecule has 0 bridgehead atoms. The molecule has 84 valence electrons. The van der Waals surface area contributed by atoms with Crippen molar-refractivity contribution in [2.75, 3.05) is 19.8 Å². The van der Waals surface area contributed by atoms with Crippen LogP contribution in [0.1, 0.15) is 40.0 Å². The monoisotopic (exact) mass is 201 g/mol. The van der Waals surface area contributed by atoms with Crippen LogP contribution in [-0.2, 0) is 9.47 Å². The van der Waals surface area contributed by atoms with Crippen molar-refractivity contribution in [2.45, 2.75) is 51.8 Å². The van der Waals surface area contributed by atoms with Crippen molar-refractivity contribution in [2.24, 2.45) is 0 Å². The summed E-state index contributed by atoms with van der Waals surface area (Å²) in [7, 11) is 0. The van der Waals surface area contributed by atoms with E-state index in [1.54, 1.807) is 0 Å². The lowest BCUT2D eigenvalue weighted by Crippen LogP contribution is -2.56. The average Bonchev–Trinajstić information content (AvgIpc) is 2.15. The van der Waals surface area contributed by atoms with Gasteiger partial charge in [-0.25, -0.2) is 0 Å². The number of unbranched alkanes of at least 4 members (excludes halogenated alkanes) is 1. The highest BCUT2D eigenvalue weighted by Gasteiger charge is 2.33. The zero-order valence-corrected chi connectivity index (χ0v) is 9.64. The first-order valence-corrected chi connectivity index (χ1v) is 5.68. The van der Waals surface area contributed by atoms with Crippen LogP contribution in [-0.4, -0.2) is 31.6 Å². The summed E-state index contributed by atoms with van der Waals surface area (Å²) in [5.41, 5.74) is -0.220. The quantitative estimate of drug-likeness (QED) is 0.737. The molecule has 14 heavy (non-hydrogen) atoms. The molecule has 1 aliphatic heterocycles. The molecule has 0 radical (unpaired) electrons. The van der Waals surface area contributed by atoms with Crippen LogP contribution in [0.5, 0.6) is 0 Å². The number of ether oxygens (including phenoxy) is 2. The Morgan fingerprint density at radius 1 is 1.36 bits per heavy atom. The average molecular weight is 201 g/mol. The maximum absolute atomic E-state index is 5.84. The highest BCUT2D eigenvalue weighted by molar-refractivity contribution is 4.81. The fraction of sp³-hybridized carbons (Fsp3) is 1.00. The minimum Gasteiger partial charge on any atom is -0.375 e. The van der Waals surface area contributed by atoms with Gasteiger partial charge in [-0.3, -0.25) is 5.32 Å². The smallest absolute Gasteiger partial charge is 0.143 e. The third kappa shape index (κ3) is 3.56. The molecule has 3 nitrogen and oxygen atoms in total. The molecular formula is C11H23NO2. The predicted molar refractivity (Wildman–Crippen MR) is 57.3 cm³/mol. The Bertz CT molecular complexity index is 153. The molecule has 0 aromatic heterocycles. The molecule has 0 saturated carbocycles. The molecule has 1 fully saturated rings. The van der Waals surface area contributed by atoms with Gasteiger partial charge >= 0.3 is 0 Å². The number of hydrogen-bond acceptors (Lipinski definition) is 3. The summed E-state index contributed by atoms with van der Waals surface area (Å²) >= 11 is 0. The highest BCUT2D eigenvalue weighted by atomic mass is 16.6. The Labute approximate surface area is 87.2 Å². The second kappa shape index (κ2) is 5.69. The van der Waals surface area contributed by atoms with Gasteiger partial charge in [0.05, 0.1) is 19.8 Å². The highest BCUT2D eigenvalue weighted by Crippen LogP contribution is 2.20. The number of rotatable bonds is 5. The molecule has 1 atom stereocenters. The molecule has 3 heteroatoms. The van der Waals surface area contributed by atoms with Gasteiger partial charge in [-0.1, -0.05) is 13.3 Å². The summed E-state index contributed by atoms with van der Waals surface area (Å²) < 4.78 is 11.3. The van der Waals surface area contributed by atoms with Crippen LogP contribution in [0.4, 0.5) is 0 Å². The molecule has 0 amide bonds. The molecule has 1 saturated heterocycles. The van der Waals surface area contributed by atoms with Gasteiger partial charge in [-0.15, -0.1) is 0 Å².